The van der Waals surface area contributed by atoms with Crippen LogP contribution in [-0.2, 0) is 20.2 Å². The van der Waals surface area contributed by atoms with Gasteiger partial charge < -0.3 is 18.7 Å². The number of ether oxygens (including phenoxy) is 1. The molecule has 1 fully saturated rings. The smallest absolute Gasteiger partial charge is 0.204 e. The summed E-state index contributed by atoms with van der Waals surface area (Å²) in [4.78, 5) is 0. The maximum absolute atomic E-state index is 11.8. The van der Waals surface area contributed by atoms with Crippen LogP contribution in [0.5, 0.6) is 5.75 Å². The van der Waals surface area contributed by atoms with Gasteiger partial charge in [0.1, 0.15) is 5.75 Å². The third kappa shape index (κ3) is 5.04. The van der Waals surface area contributed by atoms with E-state index in [0.29, 0.717) is 36.5 Å². The molecule has 4 nitrogen and oxygen atoms in total. The number of rotatable bonds is 5. The van der Waals surface area contributed by atoms with Gasteiger partial charge in [-0.3, -0.25) is 0 Å². The summed E-state index contributed by atoms with van der Waals surface area (Å²) >= 11 is 0. The number of hydrogen-bond acceptors (Lipinski definition) is 4. The van der Waals surface area contributed by atoms with E-state index < -0.39 is 14.6 Å². The van der Waals surface area contributed by atoms with Crippen LogP contribution in [0.3, 0.4) is 0 Å². The van der Waals surface area contributed by atoms with Gasteiger partial charge >= 0.3 is 0 Å². The molecule has 0 aliphatic carbocycles. The highest BCUT2D eigenvalue weighted by Gasteiger charge is 2.43. The lowest BCUT2D eigenvalue weighted by Gasteiger charge is -2.42. The quantitative estimate of drug-likeness (QED) is 0.675. The van der Waals surface area contributed by atoms with Crippen molar-refractivity contribution in [2.75, 3.05) is 13.2 Å². The first-order chi connectivity index (χ1) is 13.6. The van der Waals surface area contributed by atoms with Crippen molar-refractivity contribution in [3.8, 4) is 5.75 Å². The van der Waals surface area contributed by atoms with Crippen molar-refractivity contribution >= 4 is 19.5 Å². The van der Waals surface area contributed by atoms with E-state index in [-0.39, 0.29) is 16.9 Å². The van der Waals surface area contributed by atoms with E-state index in [1.807, 2.05) is 0 Å². The van der Waals surface area contributed by atoms with Crippen LogP contribution in [0, 0.1) is 19.3 Å². The minimum absolute atomic E-state index is 0.0682. The van der Waals surface area contributed by atoms with Crippen LogP contribution < -0.4 is 4.43 Å². The van der Waals surface area contributed by atoms with Crippen molar-refractivity contribution in [2.45, 2.75) is 98.4 Å². The highest BCUT2D eigenvalue weighted by Crippen LogP contribution is 2.52. The molecule has 1 aliphatic rings. The van der Waals surface area contributed by atoms with Crippen LogP contribution in [0.4, 0.5) is 0 Å². The topological polar surface area (TPSA) is 47.9 Å². The first kappa shape index (κ1) is 25.6. The molecule has 1 N–H and O–H groups in total. The van der Waals surface area contributed by atoms with Crippen molar-refractivity contribution in [2.24, 2.45) is 5.41 Å². The maximum atomic E-state index is 11.8. The molecule has 1 aromatic rings. The van der Waals surface area contributed by atoms with Gasteiger partial charge in [-0.15, -0.1) is 0 Å². The molecule has 1 aromatic carbocycles. The van der Waals surface area contributed by atoms with Gasteiger partial charge in [-0.25, -0.2) is 0 Å². The Morgan fingerprint density at radius 1 is 1.03 bits per heavy atom. The van der Waals surface area contributed by atoms with Gasteiger partial charge in [0.15, 0.2) is 9.04 Å². The lowest BCUT2D eigenvalue weighted by atomic mass is 9.70. The first-order valence-electron chi connectivity index (χ1n) is 11.3. The Bertz CT molecular complexity index is 754. The fraction of sp³-hybridized carbons (Fsp3) is 0.750. The summed E-state index contributed by atoms with van der Waals surface area (Å²) in [5.41, 5.74) is 4.74. The van der Waals surface area contributed by atoms with E-state index in [1.165, 1.54) is 11.1 Å². The van der Waals surface area contributed by atoms with Crippen LogP contribution in [0.2, 0.25) is 13.1 Å². The molecule has 6 heteroatoms. The predicted octanol–water partition coefficient (Wildman–Crippen LogP) is 4.35. The molecule has 172 valence electrons. The van der Waals surface area contributed by atoms with E-state index in [1.54, 1.807) is 0 Å². The monoisotopic (exact) mass is 452 g/mol. The van der Waals surface area contributed by atoms with Crippen LogP contribution in [-0.4, -0.2) is 37.8 Å². The third-order valence-electron chi connectivity index (χ3n) is 6.25. The fourth-order valence-electron chi connectivity index (χ4n) is 4.92. The van der Waals surface area contributed by atoms with Crippen LogP contribution in [0.15, 0.2) is 0 Å². The zero-order valence-corrected chi connectivity index (χ0v) is 24.3. The van der Waals surface area contributed by atoms with E-state index >= 15 is 0 Å². The van der Waals surface area contributed by atoms with E-state index in [4.69, 9.17) is 13.6 Å². The Hall–Kier alpha value is -0.666. The van der Waals surface area contributed by atoms with Gasteiger partial charge in [0.25, 0.3) is 0 Å². The first-order valence-corrected chi connectivity index (χ1v) is 14.9. The third-order valence-corrected chi connectivity index (χ3v) is 7.47. The molecule has 1 aliphatic heterocycles. The SMILES string of the molecule is Cc1c(C)c(C2(O)CCOCC2)c(O[SiH3])c(C(O[SiH](C)C)C(C)(C)C)c1C(C)(C)C. The molecule has 30 heavy (non-hydrogen) atoms. The predicted molar refractivity (Wildman–Crippen MR) is 131 cm³/mol. The molecule has 0 amide bonds. The summed E-state index contributed by atoms with van der Waals surface area (Å²) < 4.78 is 18.6. The van der Waals surface area contributed by atoms with E-state index in [0.717, 1.165) is 22.4 Å². The Morgan fingerprint density at radius 3 is 1.97 bits per heavy atom. The van der Waals surface area contributed by atoms with Gasteiger partial charge in [-0.1, -0.05) is 41.5 Å². The standard InChI is InChI=1S/C24H44O4Si2/c1-15-16(2)19(24(25)11-13-26-14-12-24)20(27-29)17(18(15)22(3,4)5)21(23(6,7)8)28-30(9)10/h21,25,30H,11-14H2,1-10,29H3. The highest BCUT2D eigenvalue weighted by atomic mass is 28.3. The molecule has 0 aromatic heterocycles. The molecule has 1 heterocycles. The second kappa shape index (κ2) is 9.06. The van der Waals surface area contributed by atoms with Crippen LogP contribution >= 0.6 is 0 Å². The number of hydrogen-bond donors (Lipinski definition) is 1. The van der Waals surface area contributed by atoms with Crippen molar-refractivity contribution in [3.05, 3.63) is 27.8 Å². The highest BCUT2D eigenvalue weighted by molar-refractivity contribution is 6.48. The van der Waals surface area contributed by atoms with Crippen molar-refractivity contribution in [1.29, 1.82) is 0 Å². The Labute approximate surface area is 189 Å². The second-order valence-electron chi connectivity index (χ2n) is 11.3. The van der Waals surface area contributed by atoms with Gasteiger partial charge in [0, 0.05) is 37.2 Å². The average molecular weight is 453 g/mol. The lowest BCUT2D eigenvalue weighted by molar-refractivity contribution is -0.0691. The zero-order chi connectivity index (χ0) is 23.1. The normalized spacial score (nSPS) is 18.7. The molecule has 1 unspecified atom stereocenters. The molecule has 1 atom stereocenters. The van der Waals surface area contributed by atoms with Gasteiger partial charge in [0.2, 0.25) is 10.5 Å². The van der Waals surface area contributed by atoms with Gasteiger partial charge in [-0.2, -0.15) is 0 Å². The van der Waals surface area contributed by atoms with Crippen molar-refractivity contribution in [3.63, 3.8) is 0 Å². The molecule has 0 radical (unpaired) electrons. The summed E-state index contributed by atoms with van der Waals surface area (Å²) in [7, 11) is -0.769. The van der Waals surface area contributed by atoms with Gasteiger partial charge in [-0.05, 0) is 54.5 Å². The number of benzene rings is 1. The van der Waals surface area contributed by atoms with Crippen LogP contribution in [0.25, 0.3) is 0 Å². The number of aliphatic hydroxyl groups is 1. The van der Waals surface area contributed by atoms with Gasteiger partial charge in [0.05, 0.1) is 11.7 Å². The minimum atomic E-state index is -1.33. The minimum Gasteiger partial charge on any atom is -0.553 e. The van der Waals surface area contributed by atoms with E-state index in [9.17, 15) is 5.11 Å². The molecule has 0 spiro atoms. The molecular weight excluding hydrogens is 408 g/mol. The average Bonchev–Trinajstić information content (AvgIpc) is 2.59. The molecule has 1 saturated heterocycles. The second-order valence-corrected chi connectivity index (χ2v) is 14.0. The summed E-state index contributed by atoms with van der Waals surface area (Å²) in [6.45, 7) is 23.5. The summed E-state index contributed by atoms with van der Waals surface area (Å²) in [6, 6.07) is 0. The molecule has 0 bridgehead atoms. The van der Waals surface area contributed by atoms with E-state index in [2.05, 4.69) is 68.5 Å². The van der Waals surface area contributed by atoms with Crippen molar-refractivity contribution < 1.29 is 18.7 Å². The Balaban J connectivity index is 2.99. The molecule has 2 rings (SSSR count). The largest absolute Gasteiger partial charge is 0.553 e. The zero-order valence-electron chi connectivity index (χ0n) is 21.2. The van der Waals surface area contributed by atoms with Crippen molar-refractivity contribution in [1.82, 2.24) is 0 Å². The summed E-state index contributed by atoms with van der Waals surface area (Å²) in [6.07, 6.45) is 1.11. The Morgan fingerprint density at radius 2 is 1.57 bits per heavy atom. The Kier molecular flexibility index (Phi) is 7.73. The molecule has 0 saturated carbocycles. The maximum Gasteiger partial charge on any atom is 0.204 e. The fourth-order valence-corrected chi connectivity index (χ4v) is 6.43. The van der Waals surface area contributed by atoms with Crippen LogP contribution in [0.1, 0.15) is 88.3 Å². The molecular formula is C24H44O4Si2. The lowest BCUT2D eigenvalue weighted by Crippen LogP contribution is -2.37. The summed E-state index contributed by atoms with van der Waals surface area (Å²) in [5, 5.41) is 11.8. The summed E-state index contributed by atoms with van der Waals surface area (Å²) in [5.74, 6) is 0.869.